The van der Waals surface area contributed by atoms with E-state index in [0.717, 1.165) is 10.9 Å². The maximum atomic E-state index is 13.5. The van der Waals surface area contributed by atoms with Crippen LogP contribution in [0.1, 0.15) is 59.1 Å². The molecule has 0 saturated carbocycles. The molecule has 0 aromatic carbocycles. The van der Waals surface area contributed by atoms with Crippen molar-refractivity contribution in [3.8, 4) is 0 Å². The zero-order valence-corrected chi connectivity index (χ0v) is 16.4. The van der Waals surface area contributed by atoms with Crippen molar-refractivity contribution in [2.24, 2.45) is 7.05 Å². The van der Waals surface area contributed by atoms with E-state index >= 15 is 0 Å². The zero-order chi connectivity index (χ0) is 21.3. The fraction of sp³-hybridized carbons (Fsp3) is 0.556. The molecule has 1 aliphatic rings. The fourth-order valence-electron chi connectivity index (χ4n) is 3.40. The van der Waals surface area contributed by atoms with Crippen LogP contribution in [0.4, 0.5) is 13.2 Å². The first-order valence-electron chi connectivity index (χ1n) is 9.31. The quantitative estimate of drug-likeness (QED) is 0.835. The number of alkyl halides is 3. The lowest BCUT2D eigenvalue weighted by atomic mass is 10.0. The Bertz CT molecular complexity index is 894. The van der Waals surface area contributed by atoms with E-state index in [1.165, 1.54) is 15.8 Å². The maximum Gasteiger partial charge on any atom is 0.433 e. The van der Waals surface area contributed by atoms with Gasteiger partial charge in [-0.1, -0.05) is 0 Å². The molecule has 2 aromatic rings. The highest BCUT2D eigenvalue weighted by Crippen LogP contribution is 2.34. The van der Waals surface area contributed by atoms with Gasteiger partial charge in [0.25, 0.3) is 11.8 Å². The largest absolute Gasteiger partial charge is 0.433 e. The molecule has 0 unspecified atom stereocenters. The summed E-state index contributed by atoms with van der Waals surface area (Å²) in [4.78, 5) is 26.3. The van der Waals surface area contributed by atoms with Crippen LogP contribution in [0.5, 0.6) is 0 Å². The SMILES string of the molecule is CC(C)n1ncc(C(=O)N2CCC(NC(=O)c3cnn(C)c3)CC2)c1C(F)(F)F. The van der Waals surface area contributed by atoms with Gasteiger partial charge in [0, 0.05) is 38.4 Å². The first kappa shape index (κ1) is 20.9. The third-order valence-electron chi connectivity index (χ3n) is 4.87. The molecule has 158 valence electrons. The standard InChI is InChI=1S/C18H23F3N6O2/c1-11(2)27-15(18(19,20)21)14(9-23-27)17(29)26-6-4-13(5-7-26)24-16(28)12-8-22-25(3)10-12/h8-11,13H,4-7H2,1-3H3,(H,24,28). The van der Waals surface area contributed by atoms with Crippen molar-refractivity contribution in [1.82, 2.24) is 29.8 Å². The number of carbonyl (C=O) groups excluding carboxylic acids is 2. The van der Waals surface area contributed by atoms with Crippen molar-refractivity contribution in [3.63, 3.8) is 0 Å². The van der Waals surface area contributed by atoms with E-state index in [1.807, 2.05) is 0 Å². The minimum absolute atomic E-state index is 0.160. The number of aryl methyl sites for hydroxylation is 1. The van der Waals surface area contributed by atoms with Crippen LogP contribution >= 0.6 is 0 Å². The Labute approximate surface area is 165 Å². The monoisotopic (exact) mass is 412 g/mol. The van der Waals surface area contributed by atoms with E-state index in [4.69, 9.17) is 0 Å². The van der Waals surface area contributed by atoms with Crippen LogP contribution < -0.4 is 5.32 Å². The number of rotatable bonds is 4. The van der Waals surface area contributed by atoms with Gasteiger partial charge in [-0.05, 0) is 26.7 Å². The summed E-state index contributed by atoms with van der Waals surface area (Å²) in [6, 6.07) is -0.686. The fourth-order valence-corrected chi connectivity index (χ4v) is 3.40. The lowest BCUT2D eigenvalue weighted by Crippen LogP contribution is -2.46. The average Bonchev–Trinajstić information content (AvgIpc) is 3.28. The summed E-state index contributed by atoms with van der Waals surface area (Å²) in [5.74, 6) is -0.957. The van der Waals surface area contributed by atoms with E-state index in [-0.39, 0.29) is 25.0 Å². The van der Waals surface area contributed by atoms with E-state index < -0.39 is 29.4 Å². The Morgan fingerprint density at radius 2 is 1.83 bits per heavy atom. The van der Waals surface area contributed by atoms with Crippen LogP contribution in [0.25, 0.3) is 0 Å². The molecular weight excluding hydrogens is 389 g/mol. The number of halogens is 3. The third-order valence-corrected chi connectivity index (χ3v) is 4.87. The van der Waals surface area contributed by atoms with Gasteiger partial charge < -0.3 is 10.2 Å². The number of carbonyl (C=O) groups is 2. The molecule has 1 saturated heterocycles. The van der Waals surface area contributed by atoms with Gasteiger partial charge in [-0.15, -0.1) is 0 Å². The van der Waals surface area contributed by atoms with Gasteiger partial charge in [-0.3, -0.25) is 19.0 Å². The molecule has 3 rings (SSSR count). The molecule has 3 heterocycles. The second-order valence-electron chi connectivity index (χ2n) is 7.39. The predicted octanol–water partition coefficient (Wildman–Crippen LogP) is 2.25. The summed E-state index contributed by atoms with van der Waals surface area (Å²) in [5, 5.41) is 10.6. The zero-order valence-electron chi connectivity index (χ0n) is 16.4. The van der Waals surface area contributed by atoms with E-state index in [0.29, 0.717) is 18.4 Å². The lowest BCUT2D eigenvalue weighted by molar-refractivity contribution is -0.145. The number of likely N-dealkylation sites (tertiary alicyclic amines) is 1. The highest BCUT2D eigenvalue weighted by atomic mass is 19.4. The van der Waals surface area contributed by atoms with Gasteiger partial charge in [0.05, 0.1) is 23.5 Å². The normalized spacial score (nSPS) is 15.8. The summed E-state index contributed by atoms with van der Waals surface area (Å²) in [7, 11) is 1.71. The minimum atomic E-state index is -4.68. The Kier molecular flexibility index (Phi) is 5.67. The van der Waals surface area contributed by atoms with Crippen LogP contribution in [0, 0.1) is 0 Å². The Balaban J connectivity index is 1.65. The van der Waals surface area contributed by atoms with E-state index in [2.05, 4.69) is 15.5 Å². The van der Waals surface area contributed by atoms with Crippen LogP contribution in [0.2, 0.25) is 0 Å². The summed E-state index contributed by atoms with van der Waals surface area (Å²) in [5.41, 5.74) is -1.03. The van der Waals surface area contributed by atoms with Gasteiger partial charge in [0.2, 0.25) is 0 Å². The number of piperidine rings is 1. The van der Waals surface area contributed by atoms with E-state index in [1.54, 1.807) is 27.1 Å². The molecule has 0 radical (unpaired) electrons. The maximum absolute atomic E-state index is 13.5. The molecule has 2 aromatic heterocycles. The number of amides is 2. The summed E-state index contributed by atoms with van der Waals surface area (Å²) in [6.07, 6.45) is 0.274. The third kappa shape index (κ3) is 4.43. The molecule has 11 heteroatoms. The molecule has 1 fully saturated rings. The minimum Gasteiger partial charge on any atom is -0.349 e. The van der Waals surface area contributed by atoms with Crippen LogP contribution in [-0.4, -0.2) is 55.4 Å². The second-order valence-corrected chi connectivity index (χ2v) is 7.39. The highest BCUT2D eigenvalue weighted by Gasteiger charge is 2.41. The predicted molar refractivity (Wildman–Crippen MR) is 97.2 cm³/mol. The Morgan fingerprint density at radius 3 is 2.34 bits per heavy atom. The number of nitrogens with one attached hydrogen (secondary N) is 1. The molecule has 0 aliphatic carbocycles. The molecule has 0 atom stereocenters. The van der Waals surface area contributed by atoms with Crippen molar-refractivity contribution < 1.29 is 22.8 Å². The van der Waals surface area contributed by atoms with Crippen molar-refractivity contribution in [2.75, 3.05) is 13.1 Å². The van der Waals surface area contributed by atoms with Crippen molar-refractivity contribution in [1.29, 1.82) is 0 Å². The van der Waals surface area contributed by atoms with Crippen molar-refractivity contribution in [2.45, 2.75) is 44.9 Å². The molecule has 1 aliphatic heterocycles. The molecule has 2 amide bonds. The molecule has 8 nitrogen and oxygen atoms in total. The Morgan fingerprint density at radius 1 is 1.17 bits per heavy atom. The summed E-state index contributed by atoms with van der Waals surface area (Å²) in [6.45, 7) is 3.65. The Hall–Kier alpha value is -2.85. The summed E-state index contributed by atoms with van der Waals surface area (Å²) >= 11 is 0. The van der Waals surface area contributed by atoms with Crippen LogP contribution in [-0.2, 0) is 13.2 Å². The average molecular weight is 412 g/mol. The molecule has 0 spiro atoms. The topological polar surface area (TPSA) is 85.1 Å². The van der Waals surface area contributed by atoms with Crippen LogP contribution in [0.15, 0.2) is 18.6 Å². The lowest BCUT2D eigenvalue weighted by Gasteiger charge is -2.32. The van der Waals surface area contributed by atoms with Gasteiger partial charge >= 0.3 is 6.18 Å². The van der Waals surface area contributed by atoms with Gasteiger partial charge in [0.1, 0.15) is 0 Å². The highest BCUT2D eigenvalue weighted by molar-refractivity contribution is 5.95. The molecule has 29 heavy (non-hydrogen) atoms. The van der Waals surface area contributed by atoms with Gasteiger partial charge in [-0.25, -0.2) is 0 Å². The van der Waals surface area contributed by atoms with Gasteiger partial charge in [0.15, 0.2) is 5.69 Å². The van der Waals surface area contributed by atoms with Gasteiger partial charge in [-0.2, -0.15) is 23.4 Å². The molecule has 0 bridgehead atoms. The first-order chi connectivity index (χ1) is 13.6. The number of aromatic nitrogens is 4. The number of hydrogen-bond donors (Lipinski definition) is 1. The van der Waals surface area contributed by atoms with Crippen LogP contribution in [0.3, 0.4) is 0 Å². The van der Waals surface area contributed by atoms with E-state index in [9.17, 15) is 22.8 Å². The summed E-state index contributed by atoms with van der Waals surface area (Å²) < 4.78 is 42.9. The van der Waals surface area contributed by atoms with Crippen molar-refractivity contribution in [3.05, 3.63) is 35.4 Å². The smallest absolute Gasteiger partial charge is 0.349 e. The molecular formula is C18H23F3N6O2. The second kappa shape index (κ2) is 7.88. The first-order valence-corrected chi connectivity index (χ1v) is 9.31. The number of nitrogens with zero attached hydrogens (tertiary/aromatic N) is 5. The number of hydrogen-bond acceptors (Lipinski definition) is 4. The van der Waals surface area contributed by atoms with Crippen molar-refractivity contribution >= 4 is 11.8 Å². The molecule has 1 N–H and O–H groups in total.